The zero-order valence-corrected chi connectivity index (χ0v) is 29.6. The van der Waals surface area contributed by atoms with E-state index in [1.54, 1.807) is 12.1 Å². The summed E-state index contributed by atoms with van der Waals surface area (Å²) in [5.41, 5.74) is 12.6. The first kappa shape index (κ1) is 35.6. The van der Waals surface area contributed by atoms with Gasteiger partial charge in [-0.3, -0.25) is 9.59 Å². The summed E-state index contributed by atoms with van der Waals surface area (Å²) >= 11 is 2.15. The number of nitrogens with zero attached hydrogens (tertiary/aromatic N) is 2. The van der Waals surface area contributed by atoms with Gasteiger partial charge >= 0.3 is 0 Å². The Hall–Kier alpha value is -4.80. The number of aromatic nitrogens is 2. The Morgan fingerprint density at radius 1 is 0.692 bits per heavy atom. The van der Waals surface area contributed by atoms with E-state index in [1.165, 1.54) is 0 Å². The molecule has 0 saturated heterocycles. The van der Waals surface area contributed by atoms with Crippen LogP contribution in [-0.4, -0.2) is 66.6 Å². The van der Waals surface area contributed by atoms with E-state index in [1.807, 2.05) is 24.3 Å². The molecule has 2 aromatic carbocycles. The van der Waals surface area contributed by atoms with Crippen molar-refractivity contribution in [2.75, 3.05) is 13.2 Å². The summed E-state index contributed by atoms with van der Waals surface area (Å²) in [6, 6.07) is 10.8. The number of fused-ring (bicyclic) bond motifs is 6. The van der Waals surface area contributed by atoms with Crippen LogP contribution in [0.1, 0.15) is 104 Å². The van der Waals surface area contributed by atoms with Crippen LogP contribution in [0.15, 0.2) is 36.4 Å². The molecule has 0 spiro atoms. The van der Waals surface area contributed by atoms with Crippen LogP contribution >= 0.6 is 22.7 Å². The third-order valence-corrected chi connectivity index (χ3v) is 11.7. The van der Waals surface area contributed by atoms with Crippen LogP contribution in [0.2, 0.25) is 0 Å². The smallest absolute Gasteiger partial charge is 0.277 e. The summed E-state index contributed by atoms with van der Waals surface area (Å²) in [5, 5.41) is 41.7. The minimum absolute atomic E-state index is 0.0746. The second kappa shape index (κ2) is 14.3. The number of aliphatic hydroxyl groups excluding tert-OH is 2. The number of hydrogen-bond donors (Lipinski definition) is 6. The normalized spacial score (nSPS) is 20.2. The van der Waals surface area contributed by atoms with Crippen LogP contribution in [0.3, 0.4) is 0 Å². The Morgan fingerprint density at radius 3 is 1.44 bits per heavy atom. The maximum Gasteiger partial charge on any atom is 0.277 e. The molecule has 2 aliphatic carbocycles. The van der Waals surface area contributed by atoms with Gasteiger partial charge in [-0.05, 0) is 87.8 Å². The SMILES string of the molecule is NC(=O)c1nc2c(s1)[C@@H](O)COc1ccc(C#CC3(O)CCCC3)cc1-2.NC(=O)c1nc2c(s1)[C@H](O)COc1ccc(C#CC3(O)CCCC3)cc1-2. The van der Waals surface area contributed by atoms with Gasteiger partial charge in [0.25, 0.3) is 11.8 Å². The molecule has 12 nitrogen and oxygen atoms in total. The van der Waals surface area contributed by atoms with Crippen molar-refractivity contribution < 1.29 is 39.5 Å². The van der Waals surface area contributed by atoms with Gasteiger partial charge in [-0.1, -0.05) is 23.7 Å². The van der Waals surface area contributed by atoms with Gasteiger partial charge in [-0.15, -0.1) is 22.7 Å². The Balaban J connectivity index is 0.000000162. The van der Waals surface area contributed by atoms with Crippen LogP contribution in [0.5, 0.6) is 11.5 Å². The Bertz CT molecular complexity index is 2020. The molecule has 0 unspecified atom stereocenters. The molecule has 2 aliphatic heterocycles. The van der Waals surface area contributed by atoms with Crippen molar-refractivity contribution in [1.82, 2.24) is 9.97 Å². The highest BCUT2D eigenvalue weighted by Gasteiger charge is 2.31. The molecule has 0 bridgehead atoms. The van der Waals surface area contributed by atoms with Gasteiger partial charge in [-0.25, -0.2) is 9.97 Å². The third-order valence-electron chi connectivity index (χ3n) is 9.34. The molecule has 0 radical (unpaired) electrons. The van der Waals surface area contributed by atoms with Crippen molar-refractivity contribution in [3.8, 4) is 57.7 Å². The molecule has 52 heavy (non-hydrogen) atoms. The summed E-state index contributed by atoms with van der Waals surface area (Å²) in [7, 11) is 0. The number of carbonyl (C=O) groups excluding carboxylic acids is 2. The van der Waals surface area contributed by atoms with Crippen molar-refractivity contribution in [3.63, 3.8) is 0 Å². The molecular formula is C38H36N4O8S2. The summed E-state index contributed by atoms with van der Waals surface area (Å²) in [6.45, 7) is 0.149. The molecule has 4 heterocycles. The minimum atomic E-state index is -0.912. The predicted molar refractivity (Wildman–Crippen MR) is 194 cm³/mol. The summed E-state index contributed by atoms with van der Waals surface area (Å²) in [6.07, 6.45) is 4.96. The number of amides is 2. The molecule has 8 N–H and O–H groups in total. The lowest BCUT2D eigenvalue weighted by Crippen LogP contribution is -2.20. The van der Waals surface area contributed by atoms with E-state index in [0.29, 0.717) is 80.6 Å². The predicted octanol–water partition coefficient (Wildman–Crippen LogP) is 3.98. The van der Waals surface area contributed by atoms with Gasteiger partial charge < -0.3 is 41.4 Å². The third kappa shape index (κ3) is 7.41. The summed E-state index contributed by atoms with van der Waals surface area (Å²) in [4.78, 5) is 32.7. The van der Waals surface area contributed by atoms with Crippen LogP contribution in [0.4, 0.5) is 0 Å². The minimum Gasteiger partial charge on any atom is -0.490 e. The van der Waals surface area contributed by atoms with Crippen molar-refractivity contribution in [2.45, 2.75) is 74.8 Å². The number of primary amides is 2. The molecule has 2 atom stereocenters. The quantitative estimate of drug-likeness (QED) is 0.163. The molecule has 8 rings (SSSR count). The summed E-state index contributed by atoms with van der Waals surface area (Å²) < 4.78 is 11.3. The maximum absolute atomic E-state index is 11.5. The topological polar surface area (TPSA) is 211 Å². The van der Waals surface area contributed by atoms with Crippen LogP contribution < -0.4 is 20.9 Å². The standard InChI is InChI=1S/2C19H18N2O4S/c2*20-17(23)18-21-15-12-9-11(5-8-19(24)6-1-2-7-19)3-4-14(12)25-10-13(22)16(15)26-18/h2*3-4,9,13,22,24H,1-2,6-7,10H2,(H2,20,23)/t2*13-/m10/s1. The Morgan fingerprint density at radius 2 is 1.08 bits per heavy atom. The van der Waals surface area contributed by atoms with E-state index < -0.39 is 35.2 Å². The van der Waals surface area contributed by atoms with E-state index in [9.17, 15) is 30.0 Å². The van der Waals surface area contributed by atoms with Crippen LogP contribution in [0, 0.1) is 23.7 Å². The largest absolute Gasteiger partial charge is 0.490 e. The molecule has 2 saturated carbocycles. The summed E-state index contributed by atoms with van der Waals surface area (Å²) in [5.74, 6) is 11.9. The molecule has 2 aromatic heterocycles. The zero-order valence-electron chi connectivity index (χ0n) is 28.0. The number of rotatable bonds is 2. The van der Waals surface area contributed by atoms with Gasteiger partial charge in [0, 0.05) is 22.3 Å². The first-order chi connectivity index (χ1) is 24.9. The molecule has 4 aliphatic rings. The van der Waals surface area contributed by atoms with Crippen molar-refractivity contribution in [1.29, 1.82) is 0 Å². The lowest BCUT2D eigenvalue weighted by molar-refractivity contribution is 0.0991. The molecular weight excluding hydrogens is 705 g/mol. The van der Waals surface area contributed by atoms with Gasteiger partial charge in [0.15, 0.2) is 10.0 Å². The van der Waals surface area contributed by atoms with Gasteiger partial charge in [0.05, 0.1) is 21.1 Å². The van der Waals surface area contributed by atoms with E-state index in [0.717, 1.165) is 48.4 Å². The van der Waals surface area contributed by atoms with Crippen molar-refractivity contribution in [2.24, 2.45) is 11.5 Å². The average Bonchev–Trinajstić information content (AvgIpc) is 3.94. The zero-order chi connectivity index (χ0) is 36.6. The van der Waals surface area contributed by atoms with Crippen LogP contribution in [0.25, 0.3) is 22.5 Å². The lowest BCUT2D eigenvalue weighted by Gasteiger charge is -2.13. The fourth-order valence-electron chi connectivity index (χ4n) is 6.59. The lowest BCUT2D eigenvalue weighted by atomic mass is 10.0. The number of hydrogen-bond acceptors (Lipinski definition) is 12. The Labute approximate surface area is 307 Å². The molecule has 268 valence electrons. The molecule has 4 aromatic rings. The Kier molecular flexibility index (Phi) is 9.80. The number of ether oxygens (including phenoxy) is 2. The fraction of sp³-hybridized carbons (Fsp3) is 0.368. The van der Waals surface area contributed by atoms with Gasteiger partial charge in [0.2, 0.25) is 0 Å². The van der Waals surface area contributed by atoms with E-state index in [2.05, 4.69) is 33.6 Å². The van der Waals surface area contributed by atoms with E-state index in [4.69, 9.17) is 20.9 Å². The molecule has 14 heteroatoms. The average molecular weight is 741 g/mol. The second-order valence-corrected chi connectivity index (χ2v) is 15.3. The maximum atomic E-state index is 11.5. The van der Waals surface area contributed by atoms with Gasteiger partial charge in [0.1, 0.15) is 48.1 Å². The number of benzene rings is 2. The number of carbonyl (C=O) groups is 2. The van der Waals surface area contributed by atoms with Gasteiger partial charge in [-0.2, -0.15) is 0 Å². The number of aliphatic hydroxyl groups is 4. The second-order valence-electron chi connectivity index (χ2n) is 13.2. The molecule has 2 amide bonds. The first-order valence-corrected chi connectivity index (χ1v) is 18.6. The highest BCUT2D eigenvalue weighted by atomic mass is 32.1. The number of thiazole rings is 2. The highest BCUT2D eigenvalue weighted by molar-refractivity contribution is 7.14. The van der Waals surface area contributed by atoms with Crippen molar-refractivity contribution in [3.05, 3.63) is 67.3 Å². The fourth-order valence-corrected chi connectivity index (χ4v) is 8.39. The monoisotopic (exact) mass is 740 g/mol. The highest BCUT2D eigenvalue weighted by Crippen LogP contribution is 2.43. The number of nitrogens with two attached hydrogens (primary N) is 2. The van der Waals surface area contributed by atoms with E-state index >= 15 is 0 Å². The van der Waals surface area contributed by atoms with Crippen LogP contribution in [-0.2, 0) is 0 Å². The van der Waals surface area contributed by atoms with E-state index in [-0.39, 0.29) is 23.2 Å². The molecule has 2 fully saturated rings. The van der Waals surface area contributed by atoms with Crippen molar-refractivity contribution >= 4 is 34.5 Å². The first-order valence-electron chi connectivity index (χ1n) is 16.9.